The van der Waals surface area contributed by atoms with Crippen molar-refractivity contribution in [3.05, 3.63) is 83.0 Å². The van der Waals surface area contributed by atoms with Crippen molar-refractivity contribution in [2.24, 2.45) is 4.99 Å². The van der Waals surface area contributed by atoms with Crippen LogP contribution in [0.2, 0.25) is 0 Å². The molecular formula is C24H25BrN4O3. The van der Waals surface area contributed by atoms with Crippen LogP contribution in [0.1, 0.15) is 28.8 Å². The van der Waals surface area contributed by atoms with Crippen molar-refractivity contribution in [2.45, 2.75) is 18.9 Å². The Kier molecular flexibility index (Phi) is 6.50. The second-order valence-electron chi connectivity index (χ2n) is 7.68. The van der Waals surface area contributed by atoms with E-state index in [9.17, 15) is 9.90 Å². The first-order valence-corrected chi connectivity index (χ1v) is 11.2. The smallest absolute Gasteiger partial charge is 0.257 e. The third-order valence-electron chi connectivity index (χ3n) is 5.64. The second kappa shape index (κ2) is 9.48. The fourth-order valence-corrected chi connectivity index (χ4v) is 4.19. The Morgan fingerprint density at radius 2 is 2.06 bits per heavy atom. The van der Waals surface area contributed by atoms with Crippen LogP contribution in [0, 0.1) is 0 Å². The Hall–Kier alpha value is -3.26. The molecule has 3 heterocycles. The minimum Gasteiger partial charge on any atom is -0.507 e. The van der Waals surface area contributed by atoms with Gasteiger partial charge in [0.2, 0.25) is 0 Å². The number of hydrogen-bond acceptors (Lipinski definition) is 5. The minimum absolute atomic E-state index is 0.00861. The molecule has 1 fully saturated rings. The van der Waals surface area contributed by atoms with Gasteiger partial charge >= 0.3 is 0 Å². The highest BCUT2D eigenvalue weighted by Crippen LogP contribution is 2.29. The Bertz CT molecular complexity index is 1100. The first kappa shape index (κ1) is 22.0. The highest BCUT2D eigenvalue weighted by atomic mass is 79.9. The standard InChI is InChI=1S/C24H25BrN4O3/c1-3-19(25)23-27-20(18-6-4-5-7-21(18)30)14-22(28(23)2)26-17-8-11-29(12-9-17)24(31)16-10-13-32-15-16/h3-7,10,13-15,17,27,30H,1,8-9,11-12H2,2H3/b23-19+,26-22?. The molecule has 7 nitrogen and oxygen atoms in total. The summed E-state index contributed by atoms with van der Waals surface area (Å²) in [5, 5.41) is 13.7. The van der Waals surface area contributed by atoms with E-state index in [0.717, 1.165) is 34.7 Å². The van der Waals surface area contributed by atoms with E-state index in [2.05, 4.69) is 27.8 Å². The van der Waals surface area contributed by atoms with Crippen LogP contribution >= 0.6 is 15.9 Å². The van der Waals surface area contributed by atoms with Gasteiger partial charge in [0.05, 0.1) is 28.0 Å². The fourth-order valence-electron chi connectivity index (χ4n) is 3.83. The molecule has 2 aromatic rings. The number of hydrogen-bond donors (Lipinski definition) is 2. The molecule has 2 aliphatic rings. The number of carbonyl (C=O) groups is 1. The number of para-hydroxylation sites is 1. The summed E-state index contributed by atoms with van der Waals surface area (Å²) in [6, 6.07) is 8.96. The number of nitrogens with zero attached hydrogens (tertiary/aromatic N) is 3. The number of amidine groups is 1. The lowest BCUT2D eigenvalue weighted by atomic mass is 10.0. The number of phenolic OH excluding ortho intramolecular Hbond substituents is 1. The molecular weight excluding hydrogens is 472 g/mol. The van der Waals surface area contributed by atoms with Gasteiger partial charge in [0, 0.05) is 31.8 Å². The molecule has 0 bridgehead atoms. The van der Waals surface area contributed by atoms with E-state index in [4.69, 9.17) is 9.41 Å². The molecule has 4 rings (SSSR count). The summed E-state index contributed by atoms with van der Waals surface area (Å²) in [5.74, 6) is 1.74. The molecule has 1 saturated heterocycles. The number of aromatic hydroxyl groups is 1. The average molecular weight is 497 g/mol. The lowest BCUT2D eigenvalue weighted by Crippen LogP contribution is -2.41. The zero-order chi connectivity index (χ0) is 22.7. The van der Waals surface area contributed by atoms with E-state index < -0.39 is 0 Å². The molecule has 2 aliphatic heterocycles. The maximum absolute atomic E-state index is 12.6. The lowest BCUT2D eigenvalue weighted by molar-refractivity contribution is 0.0714. The first-order valence-electron chi connectivity index (χ1n) is 10.4. The average Bonchev–Trinajstić information content (AvgIpc) is 3.35. The van der Waals surface area contributed by atoms with E-state index in [1.54, 1.807) is 24.3 Å². The van der Waals surface area contributed by atoms with Crippen molar-refractivity contribution in [1.29, 1.82) is 0 Å². The molecule has 0 aliphatic carbocycles. The largest absolute Gasteiger partial charge is 0.507 e. The molecule has 2 N–H and O–H groups in total. The van der Waals surface area contributed by atoms with Gasteiger partial charge in [-0.15, -0.1) is 0 Å². The van der Waals surface area contributed by atoms with Gasteiger partial charge in [0.15, 0.2) is 0 Å². The van der Waals surface area contributed by atoms with E-state index in [-0.39, 0.29) is 17.7 Å². The SMILES string of the molecule is C=C/C(Br)=C1/NC(c2ccccc2O)=CC(=NC2CCN(C(=O)c3ccoc3)CC2)N1C. The van der Waals surface area contributed by atoms with Crippen molar-refractivity contribution < 1.29 is 14.3 Å². The van der Waals surface area contributed by atoms with Crippen molar-refractivity contribution in [3.63, 3.8) is 0 Å². The van der Waals surface area contributed by atoms with Crippen LogP contribution < -0.4 is 5.32 Å². The highest BCUT2D eigenvalue weighted by molar-refractivity contribution is 9.11. The molecule has 8 heteroatoms. The normalized spacial score (nSPS) is 20.1. The van der Waals surface area contributed by atoms with Crippen LogP contribution in [-0.2, 0) is 0 Å². The number of benzene rings is 1. The number of nitrogens with one attached hydrogen (secondary N) is 1. The maximum Gasteiger partial charge on any atom is 0.257 e. The van der Waals surface area contributed by atoms with Gasteiger partial charge in [0.25, 0.3) is 5.91 Å². The van der Waals surface area contributed by atoms with Gasteiger partial charge < -0.3 is 24.6 Å². The molecule has 1 aromatic carbocycles. The molecule has 0 atom stereocenters. The number of likely N-dealkylation sites (N-methyl/N-ethyl adjacent to an activating group) is 1. The Morgan fingerprint density at radius 3 is 2.72 bits per heavy atom. The van der Waals surface area contributed by atoms with Crippen molar-refractivity contribution in [3.8, 4) is 5.75 Å². The molecule has 1 amide bonds. The van der Waals surface area contributed by atoms with Gasteiger partial charge in [-0.3, -0.25) is 9.79 Å². The molecule has 0 saturated carbocycles. The molecule has 0 spiro atoms. The number of carbonyl (C=O) groups excluding carboxylic acids is 1. The van der Waals surface area contributed by atoms with E-state index >= 15 is 0 Å². The molecule has 32 heavy (non-hydrogen) atoms. The highest BCUT2D eigenvalue weighted by Gasteiger charge is 2.27. The third kappa shape index (κ3) is 4.50. The summed E-state index contributed by atoms with van der Waals surface area (Å²) >= 11 is 3.55. The molecule has 166 valence electrons. The molecule has 0 unspecified atom stereocenters. The molecule has 0 radical (unpaired) electrons. The zero-order valence-electron chi connectivity index (χ0n) is 17.8. The number of piperidine rings is 1. The second-order valence-corrected chi connectivity index (χ2v) is 8.54. The quantitative estimate of drug-likeness (QED) is 0.658. The zero-order valence-corrected chi connectivity index (χ0v) is 19.4. The lowest BCUT2D eigenvalue weighted by Gasteiger charge is -2.34. The van der Waals surface area contributed by atoms with Crippen LogP contribution in [0.5, 0.6) is 5.75 Å². The summed E-state index contributed by atoms with van der Waals surface area (Å²) < 4.78 is 5.82. The van der Waals surface area contributed by atoms with Gasteiger partial charge in [-0.2, -0.15) is 0 Å². The summed E-state index contributed by atoms with van der Waals surface area (Å²) in [7, 11) is 1.93. The first-order chi connectivity index (χ1) is 15.5. The van der Waals surface area contributed by atoms with Crippen molar-refractivity contribution >= 4 is 33.4 Å². The summed E-state index contributed by atoms with van der Waals surface area (Å²) in [6.07, 6.45) is 8.19. The number of amides is 1. The van der Waals surface area contributed by atoms with Crippen molar-refractivity contribution in [1.82, 2.24) is 15.1 Å². The summed E-state index contributed by atoms with van der Waals surface area (Å²) in [5.41, 5.74) is 2.02. The number of phenols is 1. The van der Waals surface area contributed by atoms with Gasteiger partial charge in [0.1, 0.15) is 23.7 Å². The Labute approximate surface area is 195 Å². The van der Waals surface area contributed by atoms with Gasteiger partial charge in [-0.1, -0.05) is 24.8 Å². The van der Waals surface area contributed by atoms with Crippen LogP contribution in [0.3, 0.4) is 0 Å². The Morgan fingerprint density at radius 1 is 1.31 bits per heavy atom. The predicted molar refractivity (Wildman–Crippen MR) is 128 cm³/mol. The van der Waals surface area contributed by atoms with Gasteiger partial charge in [-0.05, 0) is 47.0 Å². The fraction of sp³-hybridized carbons (Fsp3) is 0.250. The maximum atomic E-state index is 12.6. The van der Waals surface area contributed by atoms with Crippen LogP contribution in [0.4, 0.5) is 0 Å². The van der Waals surface area contributed by atoms with E-state index in [1.165, 1.54) is 12.5 Å². The monoisotopic (exact) mass is 496 g/mol. The topological polar surface area (TPSA) is 81.3 Å². The number of furan rings is 1. The van der Waals surface area contributed by atoms with E-state index in [0.29, 0.717) is 24.2 Å². The summed E-state index contributed by atoms with van der Waals surface area (Å²) in [4.78, 5) is 21.4. The van der Waals surface area contributed by atoms with Gasteiger partial charge in [-0.25, -0.2) is 0 Å². The number of likely N-dealkylation sites (tertiary alicyclic amines) is 1. The number of aliphatic imine (C=N–C) groups is 1. The van der Waals surface area contributed by atoms with Crippen molar-refractivity contribution in [2.75, 3.05) is 20.1 Å². The molecule has 1 aromatic heterocycles. The Balaban J connectivity index is 1.58. The third-order valence-corrected chi connectivity index (χ3v) is 6.34. The number of halogens is 1. The van der Waals surface area contributed by atoms with E-state index in [1.807, 2.05) is 35.1 Å². The van der Waals surface area contributed by atoms with Crippen LogP contribution in [-0.4, -0.2) is 52.8 Å². The minimum atomic E-state index is -0.00861. The number of rotatable bonds is 4. The van der Waals surface area contributed by atoms with Crippen LogP contribution in [0.15, 0.2) is 81.3 Å². The van der Waals surface area contributed by atoms with Crippen LogP contribution in [0.25, 0.3) is 5.70 Å². The predicted octanol–water partition coefficient (Wildman–Crippen LogP) is 4.31. The number of allylic oxidation sites excluding steroid dienone is 2. The summed E-state index contributed by atoms with van der Waals surface area (Å²) in [6.45, 7) is 5.13.